The van der Waals surface area contributed by atoms with Crippen molar-refractivity contribution in [2.75, 3.05) is 82.4 Å². The van der Waals surface area contributed by atoms with Crippen LogP contribution in [-0.4, -0.2) is 228 Å². The minimum atomic E-state index is -4.03. The van der Waals surface area contributed by atoms with Gasteiger partial charge in [0.15, 0.2) is 86.0 Å². The van der Waals surface area contributed by atoms with Crippen molar-refractivity contribution in [3.05, 3.63) is 134 Å². The van der Waals surface area contributed by atoms with Gasteiger partial charge in [-0.3, -0.25) is 38.0 Å². The number of imidazole rings is 4. The molecule has 0 bridgehead atoms. The average Bonchev–Trinajstić information content (AvgIpc) is 1.60. The number of nitrogen functional groups attached to an aromatic ring is 2. The molecule has 14 heterocycles. The van der Waals surface area contributed by atoms with Crippen molar-refractivity contribution in [1.82, 2.24) is 98.4 Å². The summed E-state index contributed by atoms with van der Waals surface area (Å²) in [4.78, 5) is 96.8. The van der Waals surface area contributed by atoms with E-state index in [1.165, 1.54) is 52.1 Å². The molecule has 0 aliphatic carbocycles. The fraction of sp³-hybridized carbons (Fsp3) is 0.550. The summed E-state index contributed by atoms with van der Waals surface area (Å²) in [5, 5.41) is 28.0. The third-order valence-electron chi connectivity index (χ3n) is 23.6. The first kappa shape index (κ1) is 110. The number of amides is 2. The Morgan fingerprint density at radius 3 is 1.29 bits per heavy atom. The highest BCUT2D eigenvalue weighted by Gasteiger charge is 2.57. The van der Waals surface area contributed by atoms with Crippen molar-refractivity contribution in [2.24, 2.45) is 23.3 Å². The number of ether oxygens (including phenoxy) is 4. The topological polar surface area (TPSA) is 564 Å². The van der Waals surface area contributed by atoms with E-state index in [-0.39, 0.29) is 127 Å². The Hall–Kier alpha value is -7.64. The smallest absolute Gasteiger partial charge is 0.261 e. The van der Waals surface area contributed by atoms with Gasteiger partial charge in [-0.25, -0.2) is 76.6 Å². The van der Waals surface area contributed by atoms with E-state index in [1.807, 2.05) is 26.0 Å². The van der Waals surface area contributed by atoms with Crippen molar-refractivity contribution in [3.8, 4) is 6.07 Å². The van der Waals surface area contributed by atoms with E-state index in [9.17, 15) is 24.3 Å². The molecule has 0 radical (unpaired) electrons. The lowest BCUT2D eigenvalue weighted by molar-refractivity contribution is -0.189. The number of anilines is 4. The lowest BCUT2D eigenvalue weighted by Gasteiger charge is -2.42. The Bertz CT molecular complexity index is 5980. The number of carbonyl (C=O) groups is 2. The van der Waals surface area contributed by atoms with E-state index in [1.54, 1.807) is 79.5 Å². The number of hydrogen-bond acceptors (Lipinski definition) is 37. The van der Waals surface area contributed by atoms with Crippen LogP contribution in [0.25, 0.3) is 49.5 Å². The van der Waals surface area contributed by atoms with Crippen molar-refractivity contribution in [2.45, 2.75) is 213 Å². The lowest BCUT2D eigenvalue weighted by Crippen LogP contribution is -2.53. The molecule has 2 aromatic carbocycles. The quantitative estimate of drug-likeness (QED) is 0.0125. The standard InChI is InChI=1S/C47H56N14O9P2S2Si.C27H42N12O7P2S2Si.2CH5N.4CH4/c1-29-34-32(68-45(29)60-27-54-36-39(50-25-52-41(36)60)56-43(62)30-15-10-8-11-16-30)23-66-72(74,64-21-14-19-48)59-35-33(24-67-71(73,58-34)65-22-20-49-5)69-46(38(35)70-75(6,7)47(2,3)4)61-28-55-37-40(51-26-53-42(37)61)57-44(63)31-17-12-9-13-18-31;1-13-16-14(44-25(13)38-11-34-18-21(28)30-9-32-23(18)38)7-42-48(41,50)37-17-15(8-43-47(40,49)36-16)45-26(20(17)46-51(5,6)27(2,3)4)39-12-35-19-22(29)31-10-33-24(19)39;2*1-2;;;;/h8-13,15-18,25-29,32-35,38,45-46H,14,20-24H2,1-4,6-7H3,(H,58,73)(H,59,74)(H,50,52,56,62)(H,51,53,57,63);9-17,20,25-26H,7-8H2,1-6H3,(H2,28,30,32)(H2,29,31,33)(H2,36,40,49)(H2,37,41,50);2*2H2,1H3;4*1H4/p-2/t29-,32-,33-,34+,35-,38-,45-,46-,71?,72?;13-,14-,15-,16+,17-,20-,25-,26-,47?,48?;;;;;;/m11....../s1. The molecule has 8 aromatic heterocycles. The summed E-state index contributed by atoms with van der Waals surface area (Å²) in [6.07, 6.45) is 3.19. The molecule has 20 atom stereocenters. The first-order valence-corrected chi connectivity index (χ1v) is 57.7. The second-order valence-corrected chi connectivity index (χ2v) is 55.7. The van der Waals surface area contributed by atoms with E-state index in [0.29, 0.717) is 55.8 Å². The highest BCUT2D eigenvalue weighted by molar-refractivity contribution is 8.33. The monoisotopic (exact) mass is 2040 g/mol. The molecule has 732 valence electrons. The maximum Gasteiger partial charge on any atom is 0.261 e. The predicted octanol–water partition coefficient (Wildman–Crippen LogP) is 10.8. The molecule has 16 rings (SSSR count). The van der Waals surface area contributed by atoms with Crippen LogP contribution in [0.1, 0.15) is 137 Å². The number of aromatic nitrogens is 16. The predicted molar refractivity (Wildman–Crippen MR) is 527 cm³/mol. The van der Waals surface area contributed by atoms with Gasteiger partial charge in [-0.05, 0) is 98.2 Å². The molecule has 6 fully saturated rings. The SMILES string of the molecule is C.C.C.C.CN.CN.C[C@@H]1[C@@H]2NP([O-])(=S)OC[C@H]3O[C@@H](n4cnc5c(N)ncnc54)[C@H](O[Si](C)(C)C(C)(C)C)[C@@H]3NP(=O)([S-])OC[C@H]2O[C@H]1n1cnc2c(N)ncnc21.[C-]#[N+]CCOP1(=S)N[C@H]2[C@@H](C)[C@H](n3cnc4c(NC(=O)c5ccccc5)ncnc43)O[C@@H]2COP(=S)(OCCC#N)N[C@H]2[C@@H](O[Si](C)(C)C(C)(C)C)[C@H](n3cnc4c(NC(=O)c5ccccc5)ncnc43)O[C@@H]2CO1. The van der Waals surface area contributed by atoms with Crippen LogP contribution in [0.5, 0.6) is 0 Å². The number of nitrogens with zero attached hydrogens (tertiary/aromatic N) is 18. The summed E-state index contributed by atoms with van der Waals surface area (Å²) < 4.78 is 101. The van der Waals surface area contributed by atoms with E-state index in [2.05, 4.69) is 176 Å². The van der Waals surface area contributed by atoms with E-state index < -0.39 is 141 Å². The van der Waals surface area contributed by atoms with Crippen LogP contribution in [-0.2, 0) is 107 Å². The molecule has 6 aliphatic heterocycles. The average molecular weight is 2040 g/mol. The third kappa shape index (κ3) is 24.1. The largest absolute Gasteiger partial charge is 0.789 e. The van der Waals surface area contributed by atoms with Crippen LogP contribution in [0.4, 0.5) is 23.3 Å². The Labute approximate surface area is 802 Å². The zero-order chi connectivity index (χ0) is 93.8. The van der Waals surface area contributed by atoms with Gasteiger partial charge < -0.3 is 115 Å². The fourth-order valence-corrected chi connectivity index (χ4v) is 25.7. The van der Waals surface area contributed by atoms with Crippen molar-refractivity contribution in [3.63, 3.8) is 0 Å². The zero-order valence-corrected chi connectivity index (χ0v) is 82.4. The first-order chi connectivity index (χ1) is 61.8. The molecule has 14 N–H and O–H groups in total. The van der Waals surface area contributed by atoms with Crippen LogP contribution >= 0.6 is 26.6 Å². The van der Waals surface area contributed by atoms with Crippen LogP contribution in [0.3, 0.4) is 0 Å². The number of nitrogens with one attached hydrogen (secondary N) is 6. The zero-order valence-electron chi connectivity index (χ0n) is 73.6. The second kappa shape index (κ2) is 45.5. The molecular weight excluding hydrogens is 1920 g/mol. The lowest BCUT2D eigenvalue weighted by atomic mass is 10.00. The van der Waals surface area contributed by atoms with Gasteiger partial charge in [-0.1, -0.05) is 133 Å². The van der Waals surface area contributed by atoms with Gasteiger partial charge in [0.05, 0.1) is 102 Å². The maximum absolute atomic E-state index is 14.2. The van der Waals surface area contributed by atoms with Gasteiger partial charge >= 0.3 is 0 Å². The van der Waals surface area contributed by atoms with Crippen LogP contribution in [0.2, 0.25) is 36.3 Å². The third-order valence-corrected chi connectivity index (χ3v) is 41.1. The highest BCUT2D eigenvalue weighted by atomic mass is 32.7. The minimum absolute atomic E-state index is 0. The van der Waals surface area contributed by atoms with Gasteiger partial charge in [0, 0.05) is 29.0 Å². The first-order valence-electron chi connectivity index (χ1n) is 41.3. The Kier molecular flexibility index (Phi) is 37.4. The summed E-state index contributed by atoms with van der Waals surface area (Å²) in [5.74, 6) is -0.755. The Morgan fingerprint density at radius 2 is 0.881 bits per heavy atom. The normalized spacial score (nSPS) is 28.8. The van der Waals surface area contributed by atoms with Gasteiger partial charge in [-0.2, -0.15) is 5.26 Å². The van der Waals surface area contributed by atoms with Gasteiger partial charge in [0.2, 0.25) is 6.54 Å². The molecule has 0 spiro atoms. The molecule has 4 unspecified atom stereocenters. The Balaban J connectivity index is 0.000000299. The highest BCUT2D eigenvalue weighted by Crippen LogP contribution is 2.56. The molecular formula is C80H122N28O16P4S4Si2-2. The maximum atomic E-state index is 14.2. The number of carbonyl (C=O) groups excluding carboxylic acids is 2. The number of nitriles is 1. The van der Waals surface area contributed by atoms with Crippen LogP contribution in [0, 0.1) is 29.7 Å². The number of benzene rings is 2. The van der Waals surface area contributed by atoms with Crippen LogP contribution in [0.15, 0.2) is 111 Å². The molecule has 44 nitrogen and oxygen atoms in total. The molecule has 134 heavy (non-hydrogen) atoms. The van der Waals surface area contributed by atoms with Gasteiger partial charge in [0.25, 0.3) is 25.1 Å². The van der Waals surface area contributed by atoms with Crippen molar-refractivity contribution in [1.29, 1.82) is 5.26 Å². The van der Waals surface area contributed by atoms with E-state index >= 15 is 0 Å². The van der Waals surface area contributed by atoms with Crippen molar-refractivity contribution >= 4 is 171 Å². The van der Waals surface area contributed by atoms with Crippen LogP contribution < -0.4 is 58.8 Å². The molecule has 54 heteroatoms. The molecule has 10 aromatic rings. The minimum Gasteiger partial charge on any atom is -0.789 e. The summed E-state index contributed by atoms with van der Waals surface area (Å²) in [7, 11) is -2.26. The number of rotatable bonds is 18. The molecule has 6 aliphatic rings. The molecule has 6 saturated heterocycles. The summed E-state index contributed by atoms with van der Waals surface area (Å²) in [6.45, 7) is 16.3. The van der Waals surface area contributed by atoms with Gasteiger partial charge in [-0.15, -0.1) is 0 Å². The summed E-state index contributed by atoms with van der Waals surface area (Å²) in [6, 6.07) is 16.6. The Morgan fingerprint density at radius 1 is 0.537 bits per heavy atom. The summed E-state index contributed by atoms with van der Waals surface area (Å²) in [5.41, 5.74) is 25.0. The second-order valence-electron chi connectivity index (χ2n) is 33.8. The van der Waals surface area contributed by atoms with Gasteiger partial charge in [0.1, 0.15) is 92.6 Å². The molecule has 2 amide bonds. The van der Waals surface area contributed by atoms with E-state index in [0.717, 1.165) is 0 Å². The number of fused-ring (bicyclic) bond motifs is 8. The molecule has 0 saturated carbocycles. The number of hydrogen-bond donors (Lipinski definition) is 10. The number of nitrogens with two attached hydrogens (primary N) is 4. The fourth-order valence-electron chi connectivity index (χ4n) is 15.0. The van der Waals surface area contributed by atoms with E-state index in [4.69, 9.17) is 126 Å². The summed E-state index contributed by atoms with van der Waals surface area (Å²) >= 11 is 23.8. The van der Waals surface area contributed by atoms with Crippen molar-refractivity contribution < 1.29 is 74.0 Å².